The number of aliphatic hydroxyl groups is 2. The van der Waals surface area contributed by atoms with Gasteiger partial charge in [0.2, 0.25) is 11.8 Å². The molecule has 0 aromatic carbocycles. The van der Waals surface area contributed by atoms with Crippen LogP contribution in [-0.2, 0) is 47.6 Å². The molecule has 6 aliphatic heterocycles. The summed E-state index contributed by atoms with van der Waals surface area (Å²) < 4.78 is 31.5. The van der Waals surface area contributed by atoms with Crippen LogP contribution in [0, 0.1) is 11.8 Å². The van der Waals surface area contributed by atoms with Crippen LogP contribution >= 0.6 is 23.5 Å². The minimum Gasteiger partial charge on any atom is -0.543 e. The quantitative estimate of drug-likeness (QED) is 0.186. The molecule has 4 fully saturated rings. The molecule has 4 saturated heterocycles. The summed E-state index contributed by atoms with van der Waals surface area (Å²) in [6.07, 6.45) is -2.58. The molecule has 232 valence electrons. The zero-order valence-corrected chi connectivity index (χ0v) is 26.9. The van der Waals surface area contributed by atoms with Gasteiger partial charge < -0.3 is 58.4 Å². The Morgan fingerprint density at radius 2 is 1.09 bits per heavy atom. The van der Waals surface area contributed by atoms with Crippen molar-refractivity contribution in [1.82, 2.24) is 9.80 Å². The van der Waals surface area contributed by atoms with Gasteiger partial charge in [0, 0.05) is 0 Å². The maximum atomic E-state index is 12.0. The van der Waals surface area contributed by atoms with Crippen LogP contribution in [0.25, 0.3) is 0 Å². The van der Waals surface area contributed by atoms with Crippen LogP contribution in [0.3, 0.4) is 0 Å². The predicted octanol–water partition coefficient (Wildman–Crippen LogP) is -3.97. The fraction of sp³-hybridized carbons (Fsp3) is 0.667. The van der Waals surface area contributed by atoms with Crippen molar-refractivity contribution < 1.29 is 68.0 Å². The van der Waals surface area contributed by atoms with Crippen LogP contribution in [0.1, 0.15) is 13.8 Å². The molecule has 6 atom stereocenters. The van der Waals surface area contributed by atoms with E-state index in [-0.39, 0.29) is 99.3 Å². The van der Waals surface area contributed by atoms with E-state index in [0.717, 1.165) is 33.3 Å². The number of carboxylic acids is 2. The molecule has 6 rings (SSSR count). The third-order valence-corrected chi connectivity index (χ3v) is 9.51. The SMILES string of the molecule is CC(O)C1C(=O)N2C(C(=O)[O-])=C(OC3COCOC3)S[C@@H]12.CC(O)C1C(=O)N2C(C(=O)[O-])=C(OC3COCOC3)S[C@@H]12.[Ca+2]. The molecule has 0 spiro atoms. The molecule has 43 heavy (non-hydrogen) atoms. The zero-order valence-electron chi connectivity index (χ0n) is 23.1. The number of rotatable bonds is 8. The average molecular weight is 673 g/mol. The number of ether oxygens (including phenoxy) is 6. The summed E-state index contributed by atoms with van der Waals surface area (Å²) in [4.78, 5) is 48.7. The fourth-order valence-electron chi connectivity index (χ4n) is 5.02. The summed E-state index contributed by atoms with van der Waals surface area (Å²) in [5.74, 6) is -5.09. The van der Waals surface area contributed by atoms with Crippen molar-refractivity contribution in [3.05, 3.63) is 21.6 Å². The molecule has 2 N–H and O–H groups in total. The van der Waals surface area contributed by atoms with Crippen molar-refractivity contribution in [1.29, 1.82) is 0 Å². The Kier molecular flexibility index (Phi) is 11.6. The molecule has 6 aliphatic rings. The number of nitrogens with zero attached hydrogens (tertiary/aromatic N) is 2. The first-order chi connectivity index (χ1) is 20.0. The topological polar surface area (TPSA) is 217 Å². The minimum atomic E-state index is -1.48. The number of aliphatic carboxylic acids is 2. The average Bonchev–Trinajstić information content (AvgIpc) is 3.42. The Hall–Kier alpha value is -1.32. The van der Waals surface area contributed by atoms with Crippen molar-refractivity contribution in [3.63, 3.8) is 0 Å². The van der Waals surface area contributed by atoms with Gasteiger partial charge in [0.15, 0.2) is 10.2 Å². The molecule has 19 heteroatoms. The number of thioether (sulfide) groups is 2. The number of fused-ring (bicyclic) bond motifs is 2. The van der Waals surface area contributed by atoms with Crippen LogP contribution < -0.4 is 10.2 Å². The fourth-order valence-corrected chi connectivity index (χ4v) is 8.04. The van der Waals surface area contributed by atoms with E-state index >= 15 is 0 Å². The zero-order chi connectivity index (χ0) is 30.3. The first-order valence-corrected chi connectivity index (χ1v) is 14.7. The van der Waals surface area contributed by atoms with Gasteiger partial charge in [-0.2, -0.15) is 0 Å². The number of β-lactam (4-membered cyclic amide) rings is 2. The molecule has 0 bridgehead atoms. The summed E-state index contributed by atoms with van der Waals surface area (Å²) in [6, 6.07) is 0. The molecule has 0 radical (unpaired) electrons. The van der Waals surface area contributed by atoms with Crippen molar-refractivity contribution in [2.45, 2.75) is 49.0 Å². The second-order valence-electron chi connectivity index (χ2n) is 10.0. The number of hydrogen-bond donors (Lipinski definition) is 2. The van der Waals surface area contributed by atoms with E-state index in [2.05, 4.69) is 0 Å². The molecule has 16 nitrogen and oxygen atoms in total. The van der Waals surface area contributed by atoms with Crippen LogP contribution in [0.2, 0.25) is 0 Å². The molecule has 6 heterocycles. The van der Waals surface area contributed by atoms with E-state index in [1.54, 1.807) is 0 Å². The standard InChI is InChI=1S/2C12H15NO7S.Ca/c2*1-5(14)7-9(15)13-8(11(16)17)12(21-10(7)13)20-6-2-18-4-19-3-6;/h2*5-7,10,14H,2-4H2,1H3,(H,16,17);/q;;+2/p-2/t2*5?,7?,10-;/m00./s1. The van der Waals surface area contributed by atoms with E-state index in [1.807, 2.05) is 0 Å². The number of carboxylic acid groups (broad SMARTS) is 2. The predicted molar refractivity (Wildman–Crippen MR) is 140 cm³/mol. The third kappa shape index (κ3) is 6.79. The molecular weight excluding hydrogens is 644 g/mol. The molecule has 0 aromatic heterocycles. The Bertz CT molecular complexity index is 1100. The first kappa shape index (κ1) is 34.6. The summed E-state index contributed by atoms with van der Waals surface area (Å²) in [5, 5.41) is 41.0. The van der Waals surface area contributed by atoms with Gasteiger partial charge in [0.05, 0.1) is 62.4 Å². The summed E-state index contributed by atoms with van der Waals surface area (Å²) >= 11 is 2.20. The van der Waals surface area contributed by atoms with Crippen LogP contribution in [0.4, 0.5) is 0 Å². The number of carbonyl (C=O) groups excluding carboxylic acids is 4. The Morgan fingerprint density at radius 3 is 1.37 bits per heavy atom. The largest absolute Gasteiger partial charge is 2.00 e. The number of hydrogen-bond acceptors (Lipinski definition) is 16. The van der Waals surface area contributed by atoms with Crippen molar-refractivity contribution in [3.8, 4) is 0 Å². The normalized spacial score (nSPS) is 30.2. The molecular formula is C24H28CaN2O14S2. The van der Waals surface area contributed by atoms with E-state index in [4.69, 9.17) is 28.4 Å². The smallest absolute Gasteiger partial charge is 0.543 e. The van der Waals surface area contributed by atoms with E-state index < -0.39 is 70.8 Å². The van der Waals surface area contributed by atoms with Gasteiger partial charge in [0.25, 0.3) is 0 Å². The Balaban J connectivity index is 0.000000192. The van der Waals surface area contributed by atoms with Crippen LogP contribution in [0.15, 0.2) is 21.6 Å². The molecule has 0 aromatic rings. The van der Waals surface area contributed by atoms with Gasteiger partial charge in [-0.1, -0.05) is 23.5 Å². The first-order valence-electron chi connectivity index (χ1n) is 12.9. The maximum absolute atomic E-state index is 12.0. The molecule has 0 saturated carbocycles. The Morgan fingerprint density at radius 1 is 0.767 bits per heavy atom. The van der Waals surface area contributed by atoms with Gasteiger partial charge in [-0.15, -0.1) is 0 Å². The van der Waals surface area contributed by atoms with Crippen molar-refractivity contribution in [2.24, 2.45) is 11.8 Å². The third-order valence-electron chi connectivity index (χ3n) is 7.01. The van der Waals surface area contributed by atoms with Gasteiger partial charge in [-0.05, 0) is 13.8 Å². The second kappa shape index (κ2) is 14.4. The van der Waals surface area contributed by atoms with Crippen molar-refractivity contribution >= 4 is 85.0 Å². The van der Waals surface area contributed by atoms with Crippen LogP contribution in [-0.4, -0.2) is 157 Å². The summed E-state index contributed by atoms with van der Waals surface area (Å²) in [6.45, 7) is 4.48. The summed E-state index contributed by atoms with van der Waals surface area (Å²) in [5.41, 5.74) is -0.560. The maximum Gasteiger partial charge on any atom is 2.00 e. The number of amides is 2. The van der Waals surface area contributed by atoms with Gasteiger partial charge in [-0.25, -0.2) is 0 Å². The Labute approximate surface area is 283 Å². The second-order valence-corrected chi connectivity index (χ2v) is 12.2. The molecule has 4 unspecified atom stereocenters. The van der Waals surface area contributed by atoms with E-state index in [9.17, 15) is 39.6 Å². The summed E-state index contributed by atoms with van der Waals surface area (Å²) in [7, 11) is 0. The van der Waals surface area contributed by atoms with E-state index in [1.165, 1.54) is 13.8 Å². The molecule has 2 amide bonds. The minimum absolute atomic E-state index is 0. The molecule has 0 aliphatic carbocycles. The van der Waals surface area contributed by atoms with Gasteiger partial charge in [-0.3, -0.25) is 19.4 Å². The van der Waals surface area contributed by atoms with Gasteiger partial charge in [0.1, 0.15) is 47.9 Å². The number of carbonyl (C=O) groups is 4. The number of aliphatic hydroxyl groups excluding tert-OH is 2. The van der Waals surface area contributed by atoms with E-state index in [0.29, 0.717) is 0 Å². The van der Waals surface area contributed by atoms with Gasteiger partial charge >= 0.3 is 37.7 Å². The van der Waals surface area contributed by atoms with Crippen LogP contribution in [0.5, 0.6) is 0 Å². The monoisotopic (exact) mass is 672 g/mol. The van der Waals surface area contributed by atoms with Crippen molar-refractivity contribution in [2.75, 3.05) is 40.0 Å².